The zero-order valence-corrected chi connectivity index (χ0v) is 29.5. The van der Waals surface area contributed by atoms with E-state index < -0.39 is 6.16 Å². The van der Waals surface area contributed by atoms with E-state index in [1.807, 2.05) is 0 Å². The molecular weight excluding hydrogens is 530 g/mol. The number of hydrogen-bond donors (Lipinski definition) is 0. The van der Waals surface area contributed by atoms with Crippen molar-refractivity contribution in [1.82, 2.24) is 4.90 Å². The van der Waals surface area contributed by atoms with E-state index in [1.165, 1.54) is 77.0 Å². The van der Waals surface area contributed by atoms with Gasteiger partial charge in [-0.15, -0.1) is 0 Å². The summed E-state index contributed by atoms with van der Waals surface area (Å²) in [5.41, 5.74) is 0. The van der Waals surface area contributed by atoms with Gasteiger partial charge in [-0.3, -0.25) is 0 Å². The fourth-order valence-electron chi connectivity index (χ4n) is 5.43. The van der Waals surface area contributed by atoms with Gasteiger partial charge in [-0.1, -0.05) is 95.8 Å². The maximum atomic E-state index is 12.8. The van der Waals surface area contributed by atoms with Crippen LogP contribution in [0.15, 0.2) is 36.5 Å². The summed E-state index contributed by atoms with van der Waals surface area (Å²) in [5.74, 6) is 0.386. The van der Waals surface area contributed by atoms with E-state index in [4.69, 9.17) is 9.47 Å². The van der Waals surface area contributed by atoms with Gasteiger partial charge in [-0.2, -0.15) is 0 Å². The average Bonchev–Trinajstić information content (AvgIpc) is 2.99. The molecule has 252 valence electrons. The number of allylic oxidation sites excluding steroid dienone is 6. The standard InChI is InChI=1S/C39H73NO3/c1-6-9-12-15-18-21-24-27-32-37(33-28-25-22-19-16-13-10-7-2)38(34-29-26-23-20-17-14-11-8-3)43-39(41)42-36-31-30-35-40(4)5/h18-23,37-38H,6-17,24-36H2,1-5H3/b21-18-,22-19-,23-20-. The first kappa shape index (κ1) is 41.4. The molecule has 0 aromatic carbocycles. The van der Waals surface area contributed by atoms with Crippen molar-refractivity contribution in [3.8, 4) is 0 Å². The van der Waals surface area contributed by atoms with E-state index >= 15 is 0 Å². The van der Waals surface area contributed by atoms with Crippen LogP contribution in [0.1, 0.15) is 168 Å². The molecule has 0 rings (SSSR count). The lowest BCUT2D eigenvalue weighted by Gasteiger charge is -2.27. The molecule has 0 bridgehead atoms. The van der Waals surface area contributed by atoms with Crippen LogP contribution in [0.2, 0.25) is 0 Å². The molecule has 0 aliphatic carbocycles. The largest absolute Gasteiger partial charge is 0.508 e. The molecule has 0 aromatic rings. The summed E-state index contributed by atoms with van der Waals surface area (Å²) in [6, 6.07) is 0. The van der Waals surface area contributed by atoms with Crippen molar-refractivity contribution < 1.29 is 14.3 Å². The fraction of sp³-hybridized carbons (Fsp3) is 0.821. The van der Waals surface area contributed by atoms with Gasteiger partial charge in [0, 0.05) is 0 Å². The van der Waals surface area contributed by atoms with Crippen molar-refractivity contribution >= 4 is 6.16 Å². The molecule has 0 aliphatic rings. The van der Waals surface area contributed by atoms with E-state index in [0.717, 1.165) is 77.2 Å². The zero-order chi connectivity index (χ0) is 31.6. The second-order valence-electron chi connectivity index (χ2n) is 12.7. The van der Waals surface area contributed by atoms with Crippen molar-refractivity contribution in [1.29, 1.82) is 0 Å². The Morgan fingerprint density at radius 1 is 0.558 bits per heavy atom. The number of unbranched alkanes of at least 4 members (excludes halogenated alkanes) is 13. The minimum atomic E-state index is -0.471. The Kier molecular flexibility index (Phi) is 32.1. The molecule has 0 saturated carbocycles. The van der Waals surface area contributed by atoms with Gasteiger partial charge in [-0.25, -0.2) is 4.79 Å². The van der Waals surface area contributed by atoms with Crippen LogP contribution < -0.4 is 0 Å². The fourth-order valence-corrected chi connectivity index (χ4v) is 5.43. The van der Waals surface area contributed by atoms with Crippen molar-refractivity contribution in [2.24, 2.45) is 5.92 Å². The molecule has 0 radical (unpaired) electrons. The third kappa shape index (κ3) is 30.3. The van der Waals surface area contributed by atoms with Crippen LogP contribution in [0.25, 0.3) is 0 Å². The molecule has 1 unspecified atom stereocenters. The van der Waals surface area contributed by atoms with E-state index in [0.29, 0.717) is 12.5 Å². The maximum Gasteiger partial charge on any atom is 0.508 e. The highest BCUT2D eigenvalue weighted by Gasteiger charge is 2.25. The number of carbonyl (C=O) groups excluding carboxylic acids is 1. The van der Waals surface area contributed by atoms with Gasteiger partial charge in [0.1, 0.15) is 6.10 Å². The molecule has 4 heteroatoms. The third-order valence-corrected chi connectivity index (χ3v) is 8.17. The first-order valence-electron chi connectivity index (χ1n) is 18.5. The number of ether oxygens (including phenoxy) is 2. The molecule has 0 fully saturated rings. The van der Waals surface area contributed by atoms with Gasteiger partial charge in [-0.05, 0) is 136 Å². The Morgan fingerprint density at radius 2 is 0.977 bits per heavy atom. The minimum Gasteiger partial charge on any atom is -0.434 e. The van der Waals surface area contributed by atoms with E-state index in [9.17, 15) is 4.79 Å². The zero-order valence-electron chi connectivity index (χ0n) is 29.5. The molecular formula is C39H73NO3. The van der Waals surface area contributed by atoms with E-state index in [1.54, 1.807) is 0 Å². The monoisotopic (exact) mass is 604 g/mol. The molecule has 1 atom stereocenters. The summed E-state index contributed by atoms with van der Waals surface area (Å²) in [5, 5.41) is 0. The lowest BCUT2D eigenvalue weighted by Crippen LogP contribution is -2.28. The Hall–Kier alpha value is -1.55. The summed E-state index contributed by atoms with van der Waals surface area (Å²) in [6.45, 7) is 8.22. The number of nitrogens with zero attached hydrogens (tertiary/aromatic N) is 1. The number of rotatable bonds is 31. The molecule has 0 aromatic heterocycles. The summed E-state index contributed by atoms with van der Waals surface area (Å²) in [7, 11) is 4.15. The Balaban J connectivity index is 5.14. The highest BCUT2D eigenvalue weighted by Crippen LogP contribution is 2.27. The number of hydrogen-bond acceptors (Lipinski definition) is 4. The summed E-state index contributed by atoms with van der Waals surface area (Å²) >= 11 is 0. The molecule has 0 aliphatic heterocycles. The molecule has 0 spiro atoms. The molecule has 0 heterocycles. The highest BCUT2D eigenvalue weighted by atomic mass is 16.7. The molecule has 0 saturated heterocycles. The Bertz CT molecular complexity index is 643. The summed E-state index contributed by atoms with van der Waals surface area (Å²) in [4.78, 5) is 15.0. The van der Waals surface area contributed by atoms with Crippen molar-refractivity contribution in [3.63, 3.8) is 0 Å². The SMILES string of the molecule is CCCCC/C=C\CCCC(CCC/C=C\CCCCC)C(CCC/C=C\CCCCC)OC(=O)OCCCCN(C)C. The summed E-state index contributed by atoms with van der Waals surface area (Å²) < 4.78 is 11.7. The molecule has 43 heavy (non-hydrogen) atoms. The molecule has 0 amide bonds. The lowest BCUT2D eigenvalue weighted by atomic mass is 9.87. The van der Waals surface area contributed by atoms with E-state index in [2.05, 4.69) is 76.2 Å². The van der Waals surface area contributed by atoms with Crippen molar-refractivity contribution in [2.75, 3.05) is 27.2 Å². The lowest BCUT2D eigenvalue weighted by molar-refractivity contribution is -0.00647. The van der Waals surface area contributed by atoms with Crippen molar-refractivity contribution in [3.05, 3.63) is 36.5 Å². The van der Waals surface area contributed by atoms with Crippen LogP contribution in [0, 0.1) is 5.92 Å². The van der Waals surface area contributed by atoms with Gasteiger partial charge < -0.3 is 14.4 Å². The first-order chi connectivity index (χ1) is 21.0. The second kappa shape index (κ2) is 33.3. The van der Waals surface area contributed by atoms with E-state index in [-0.39, 0.29) is 6.10 Å². The minimum absolute atomic E-state index is 0.0650. The van der Waals surface area contributed by atoms with Gasteiger partial charge >= 0.3 is 6.16 Å². The van der Waals surface area contributed by atoms with Crippen LogP contribution in [0.4, 0.5) is 4.79 Å². The quantitative estimate of drug-likeness (QED) is 0.0449. The van der Waals surface area contributed by atoms with Crippen molar-refractivity contribution in [2.45, 2.75) is 175 Å². The summed E-state index contributed by atoms with van der Waals surface area (Å²) in [6.07, 6.45) is 40.4. The van der Waals surface area contributed by atoms with Gasteiger partial charge in [0.15, 0.2) is 0 Å². The van der Waals surface area contributed by atoms with Gasteiger partial charge in [0.25, 0.3) is 0 Å². The average molecular weight is 604 g/mol. The Morgan fingerprint density at radius 3 is 1.40 bits per heavy atom. The predicted octanol–water partition coefficient (Wildman–Crippen LogP) is 12.4. The van der Waals surface area contributed by atoms with Crippen LogP contribution in [-0.4, -0.2) is 44.4 Å². The maximum absolute atomic E-state index is 12.8. The van der Waals surface area contributed by atoms with Gasteiger partial charge in [0.05, 0.1) is 6.61 Å². The number of carbonyl (C=O) groups is 1. The third-order valence-electron chi connectivity index (χ3n) is 8.17. The second-order valence-corrected chi connectivity index (χ2v) is 12.7. The predicted molar refractivity (Wildman–Crippen MR) is 189 cm³/mol. The smallest absolute Gasteiger partial charge is 0.434 e. The van der Waals surface area contributed by atoms with Crippen LogP contribution in [0.5, 0.6) is 0 Å². The van der Waals surface area contributed by atoms with Crippen LogP contribution >= 0.6 is 0 Å². The van der Waals surface area contributed by atoms with Crippen LogP contribution in [-0.2, 0) is 9.47 Å². The van der Waals surface area contributed by atoms with Crippen LogP contribution in [0.3, 0.4) is 0 Å². The topological polar surface area (TPSA) is 38.8 Å². The Labute approximate surface area is 269 Å². The highest BCUT2D eigenvalue weighted by molar-refractivity contribution is 5.60. The molecule has 0 N–H and O–H groups in total. The normalized spacial score (nSPS) is 12.9. The first-order valence-corrected chi connectivity index (χ1v) is 18.5. The van der Waals surface area contributed by atoms with Gasteiger partial charge in [0.2, 0.25) is 0 Å². The molecule has 4 nitrogen and oxygen atoms in total.